The largest absolute Gasteiger partial charge is 0.326 e. The summed E-state index contributed by atoms with van der Waals surface area (Å²) >= 11 is 1.63. The average molecular weight is 306 g/mol. The van der Waals surface area contributed by atoms with Crippen LogP contribution in [0, 0.1) is 11.7 Å². The molecule has 0 unspecified atom stereocenters. The highest BCUT2D eigenvalue weighted by atomic mass is 32.1. The maximum atomic E-state index is 14.3. The Balaban J connectivity index is 1.97. The first-order valence-corrected chi connectivity index (χ1v) is 8.54. The van der Waals surface area contributed by atoms with E-state index in [0.717, 1.165) is 39.5 Å². The van der Waals surface area contributed by atoms with Gasteiger partial charge in [-0.2, -0.15) is 0 Å². The van der Waals surface area contributed by atoms with E-state index in [-0.39, 0.29) is 5.82 Å². The van der Waals surface area contributed by atoms with Crippen molar-refractivity contribution in [1.82, 2.24) is 4.90 Å². The second-order valence-electron chi connectivity index (χ2n) is 6.29. The van der Waals surface area contributed by atoms with Crippen molar-refractivity contribution in [1.29, 1.82) is 0 Å². The van der Waals surface area contributed by atoms with Crippen LogP contribution in [0.1, 0.15) is 37.1 Å². The minimum Gasteiger partial charge on any atom is -0.326 e. The van der Waals surface area contributed by atoms with E-state index in [1.54, 1.807) is 23.5 Å². The van der Waals surface area contributed by atoms with E-state index in [2.05, 4.69) is 18.7 Å². The zero-order chi connectivity index (χ0) is 15.0. The molecule has 1 aliphatic rings. The third kappa shape index (κ3) is 3.12. The number of halogens is 1. The Kier molecular flexibility index (Phi) is 4.29. The first-order valence-electron chi connectivity index (χ1n) is 7.73. The zero-order valence-corrected chi connectivity index (χ0v) is 13.5. The van der Waals surface area contributed by atoms with Crippen LogP contribution in [0.15, 0.2) is 18.2 Å². The predicted molar refractivity (Wildman–Crippen MR) is 87.9 cm³/mol. The Bertz CT molecular complexity index is 631. The van der Waals surface area contributed by atoms with Gasteiger partial charge in [0, 0.05) is 40.6 Å². The number of fused-ring (bicyclic) bond motifs is 1. The van der Waals surface area contributed by atoms with Gasteiger partial charge in [0.2, 0.25) is 0 Å². The maximum Gasteiger partial charge on any atom is 0.132 e. The fraction of sp³-hybridized carbons (Fsp3) is 0.529. The number of nitrogens with zero attached hydrogens (tertiary/aromatic N) is 1. The summed E-state index contributed by atoms with van der Waals surface area (Å²) in [6.45, 7) is 6.85. The van der Waals surface area contributed by atoms with E-state index >= 15 is 0 Å². The zero-order valence-electron chi connectivity index (χ0n) is 12.7. The van der Waals surface area contributed by atoms with Gasteiger partial charge in [-0.25, -0.2) is 4.39 Å². The monoisotopic (exact) mass is 306 g/mol. The molecule has 114 valence electrons. The van der Waals surface area contributed by atoms with Gasteiger partial charge in [0.25, 0.3) is 0 Å². The van der Waals surface area contributed by atoms with Crippen molar-refractivity contribution in [3.63, 3.8) is 0 Å². The SMILES string of the molecule is CC(C)N(Cc1c(CN)sc2cccc(F)c12)CC1CC1. The number of hydrogen-bond donors (Lipinski definition) is 1. The van der Waals surface area contributed by atoms with Crippen molar-refractivity contribution >= 4 is 21.4 Å². The first-order chi connectivity index (χ1) is 10.1. The lowest BCUT2D eigenvalue weighted by Gasteiger charge is -2.27. The highest BCUT2D eigenvalue weighted by Crippen LogP contribution is 2.36. The fourth-order valence-electron chi connectivity index (χ4n) is 2.84. The molecule has 0 bridgehead atoms. The van der Waals surface area contributed by atoms with Crippen molar-refractivity contribution in [2.75, 3.05) is 6.54 Å². The van der Waals surface area contributed by atoms with Crippen LogP contribution >= 0.6 is 11.3 Å². The number of benzene rings is 1. The van der Waals surface area contributed by atoms with Crippen LogP contribution in [0.5, 0.6) is 0 Å². The molecule has 1 heterocycles. The molecule has 0 radical (unpaired) electrons. The van der Waals surface area contributed by atoms with Crippen LogP contribution in [0.25, 0.3) is 10.1 Å². The van der Waals surface area contributed by atoms with E-state index < -0.39 is 0 Å². The van der Waals surface area contributed by atoms with Gasteiger partial charge in [-0.05, 0) is 50.3 Å². The summed E-state index contributed by atoms with van der Waals surface area (Å²) in [6.07, 6.45) is 2.68. The summed E-state index contributed by atoms with van der Waals surface area (Å²) in [4.78, 5) is 3.58. The molecule has 0 spiro atoms. The maximum absolute atomic E-state index is 14.3. The second-order valence-corrected chi connectivity index (χ2v) is 7.42. The fourth-order valence-corrected chi connectivity index (χ4v) is 3.95. The quantitative estimate of drug-likeness (QED) is 0.870. The second kappa shape index (κ2) is 6.03. The lowest BCUT2D eigenvalue weighted by Crippen LogP contribution is -2.32. The van der Waals surface area contributed by atoms with Crippen molar-refractivity contribution in [3.8, 4) is 0 Å². The lowest BCUT2D eigenvalue weighted by atomic mass is 10.1. The number of rotatable bonds is 6. The van der Waals surface area contributed by atoms with Gasteiger partial charge < -0.3 is 5.73 Å². The molecule has 2 nitrogen and oxygen atoms in total. The standard InChI is InChI=1S/C17H23FN2S/c1-11(2)20(9-12-6-7-12)10-13-16(8-19)21-15-5-3-4-14(18)17(13)15/h3-5,11-12H,6-10,19H2,1-2H3. The molecular weight excluding hydrogens is 283 g/mol. The van der Waals surface area contributed by atoms with Gasteiger partial charge >= 0.3 is 0 Å². The van der Waals surface area contributed by atoms with Crippen LogP contribution < -0.4 is 5.73 Å². The summed E-state index contributed by atoms with van der Waals surface area (Å²) in [7, 11) is 0. The van der Waals surface area contributed by atoms with E-state index in [1.807, 2.05) is 6.07 Å². The van der Waals surface area contributed by atoms with Gasteiger partial charge in [-0.3, -0.25) is 4.90 Å². The molecule has 1 aliphatic carbocycles. The van der Waals surface area contributed by atoms with E-state index in [4.69, 9.17) is 5.73 Å². The molecule has 4 heteroatoms. The third-order valence-electron chi connectivity index (χ3n) is 4.31. The smallest absolute Gasteiger partial charge is 0.132 e. The average Bonchev–Trinajstić information content (AvgIpc) is 3.19. The molecule has 1 saturated carbocycles. The first kappa shape index (κ1) is 14.9. The van der Waals surface area contributed by atoms with Gasteiger partial charge in [-0.1, -0.05) is 6.07 Å². The van der Waals surface area contributed by atoms with Gasteiger partial charge in [0.15, 0.2) is 0 Å². The highest BCUT2D eigenvalue weighted by Gasteiger charge is 2.27. The Morgan fingerprint density at radius 1 is 1.38 bits per heavy atom. The van der Waals surface area contributed by atoms with Crippen LogP contribution in [-0.4, -0.2) is 17.5 Å². The molecule has 21 heavy (non-hydrogen) atoms. The topological polar surface area (TPSA) is 29.3 Å². The summed E-state index contributed by atoms with van der Waals surface area (Å²) in [6, 6.07) is 5.80. The molecule has 0 saturated heterocycles. The number of thiophene rings is 1. The van der Waals surface area contributed by atoms with E-state index in [0.29, 0.717) is 12.6 Å². The predicted octanol–water partition coefficient (Wildman–Crippen LogP) is 4.12. The van der Waals surface area contributed by atoms with Crippen molar-refractivity contribution < 1.29 is 4.39 Å². The van der Waals surface area contributed by atoms with Crippen LogP contribution in [0.4, 0.5) is 4.39 Å². The van der Waals surface area contributed by atoms with Gasteiger partial charge in [-0.15, -0.1) is 11.3 Å². The normalized spacial score (nSPS) is 15.5. The molecule has 2 aromatic rings. The van der Waals surface area contributed by atoms with E-state index in [9.17, 15) is 4.39 Å². The molecular formula is C17H23FN2S. The number of nitrogens with two attached hydrogens (primary N) is 1. The summed E-state index contributed by atoms with van der Waals surface area (Å²) in [5.41, 5.74) is 7.00. The Morgan fingerprint density at radius 3 is 2.76 bits per heavy atom. The molecule has 0 aliphatic heterocycles. The Labute approximate surface area is 129 Å². The summed E-state index contributed by atoms with van der Waals surface area (Å²) in [5, 5.41) is 0.782. The Morgan fingerprint density at radius 2 is 2.14 bits per heavy atom. The van der Waals surface area contributed by atoms with Crippen molar-refractivity contribution in [2.24, 2.45) is 11.7 Å². The van der Waals surface area contributed by atoms with Crippen molar-refractivity contribution in [2.45, 2.75) is 45.8 Å². The van der Waals surface area contributed by atoms with Crippen LogP contribution in [-0.2, 0) is 13.1 Å². The minimum atomic E-state index is -0.117. The third-order valence-corrected chi connectivity index (χ3v) is 5.53. The molecule has 0 amide bonds. The molecule has 1 fully saturated rings. The lowest BCUT2D eigenvalue weighted by molar-refractivity contribution is 0.204. The summed E-state index contributed by atoms with van der Waals surface area (Å²) in [5.74, 6) is 0.719. The van der Waals surface area contributed by atoms with Crippen LogP contribution in [0.3, 0.4) is 0 Å². The molecule has 1 aromatic heterocycles. The molecule has 1 aromatic carbocycles. The molecule has 0 atom stereocenters. The highest BCUT2D eigenvalue weighted by molar-refractivity contribution is 7.19. The van der Waals surface area contributed by atoms with Crippen LogP contribution in [0.2, 0.25) is 0 Å². The van der Waals surface area contributed by atoms with Crippen molar-refractivity contribution in [3.05, 3.63) is 34.5 Å². The molecule has 2 N–H and O–H groups in total. The summed E-state index contributed by atoms with van der Waals surface area (Å²) < 4.78 is 15.3. The Hall–Kier alpha value is -0.970. The van der Waals surface area contributed by atoms with Gasteiger partial charge in [0.1, 0.15) is 5.82 Å². The molecule has 3 rings (SSSR count). The number of hydrogen-bond acceptors (Lipinski definition) is 3. The van der Waals surface area contributed by atoms with E-state index in [1.165, 1.54) is 12.8 Å². The van der Waals surface area contributed by atoms with Gasteiger partial charge in [0.05, 0.1) is 0 Å². The minimum absolute atomic E-state index is 0.117.